The van der Waals surface area contributed by atoms with Crippen molar-refractivity contribution < 1.29 is 19.4 Å². The zero-order chi connectivity index (χ0) is 21.6. The van der Waals surface area contributed by atoms with Gasteiger partial charge in [0.2, 0.25) is 5.91 Å². The van der Waals surface area contributed by atoms with Crippen LogP contribution in [-0.4, -0.2) is 39.8 Å². The third-order valence-electron chi connectivity index (χ3n) is 5.80. The highest BCUT2D eigenvalue weighted by molar-refractivity contribution is 5.95. The van der Waals surface area contributed by atoms with Crippen LogP contribution in [0.1, 0.15) is 65.4 Å². The average Bonchev–Trinajstić information content (AvgIpc) is 2.92. The summed E-state index contributed by atoms with van der Waals surface area (Å²) in [7, 11) is 0. The van der Waals surface area contributed by atoms with Gasteiger partial charge >= 0.3 is 6.09 Å². The van der Waals surface area contributed by atoms with Crippen LogP contribution in [0.3, 0.4) is 0 Å². The molecule has 0 bridgehead atoms. The molecule has 160 valence electrons. The lowest BCUT2D eigenvalue weighted by atomic mass is 9.89. The summed E-state index contributed by atoms with van der Waals surface area (Å²) in [4.78, 5) is 26.9. The standard InChI is InChI=1S/C24H35NO4/c1-6-7-8-10-13-17(2)21(26)18(3)22(27)25-20(24(4,5)29-23(25)28)16-19-14-11-9-12-15-19/h9,11-12,14-15,18,20-21,26H,2,6-8,10,13,16H2,1,3-5H3/t18-,20+,21-/m1/s1. The van der Waals surface area contributed by atoms with E-state index in [1.54, 1.807) is 6.92 Å². The van der Waals surface area contributed by atoms with Gasteiger partial charge in [-0.3, -0.25) is 4.79 Å². The first-order valence-electron chi connectivity index (χ1n) is 10.6. The van der Waals surface area contributed by atoms with Crippen LogP contribution in [0.5, 0.6) is 0 Å². The summed E-state index contributed by atoms with van der Waals surface area (Å²) in [5.41, 5.74) is 0.869. The summed E-state index contributed by atoms with van der Waals surface area (Å²) in [6.07, 6.45) is 3.88. The Hall–Kier alpha value is -2.14. The molecule has 3 atom stereocenters. The second kappa shape index (κ2) is 10.1. The van der Waals surface area contributed by atoms with E-state index in [4.69, 9.17) is 4.74 Å². The van der Waals surface area contributed by atoms with Crippen molar-refractivity contribution in [3.8, 4) is 0 Å². The van der Waals surface area contributed by atoms with Gasteiger partial charge in [-0.05, 0) is 44.2 Å². The van der Waals surface area contributed by atoms with E-state index in [9.17, 15) is 14.7 Å². The lowest BCUT2D eigenvalue weighted by molar-refractivity contribution is -0.136. The summed E-state index contributed by atoms with van der Waals surface area (Å²) in [5.74, 6) is -1.17. The molecule has 0 saturated carbocycles. The maximum Gasteiger partial charge on any atom is 0.417 e. The van der Waals surface area contributed by atoms with E-state index in [1.807, 2.05) is 44.2 Å². The summed E-state index contributed by atoms with van der Waals surface area (Å²) in [6, 6.07) is 9.30. The van der Waals surface area contributed by atoms with Gasteiger partial charge in [0.15, 0.2) is 0 Å². The van der Waals surface area contributed by atoms with Crippen molar-refractivity contribution in [3.63, 3.8) is 0 Å². The number of ether oxygens (including phenoxy) is 1. The maximum absolute atomic E-state index is 13.2. The van der Waals surface area contributed by atoms with Crippen LogP contribution in [0.2, 0.25) is 0 Å². The van der Waals surface area contributed by atoms with Crippen LogP contribution in [0.25, 0.3) is 0 Å². The maximum atomic E-state index is 13.2. The number of nitrogens with zero attached hydrogens (tertiary/aromatic N) is 1. The molecule has 0 aliphatic carbocycles. The third kappa shape index (κ3) is 5.69. The number of amides is 2. The second-order valence-corrected chi connectivity index (χ2v) is 8.59. The molecular formula is C24H35NO4. The van der Waals surface area contributed by atoms with Crippen LogP contribution in [0.4, 0.5) is 4.79 Å². The molecule has 0 aromatic heterocycles. The molecule has 5 nitrogen and oxygen atoms in total. The SMILES string of the molecule is C=C(CCCCCC)[C@@H](O)[C@@H](C)C(=O)N1C(=O)OC(C)(C)[C@@H]1Cc1ccccc1. The Morgan fingerprint density at radius 1 is 1.24 bits per heavy atom. The molecule has 1 aromatic rings. The minimum absolute atomic E-state index is 0.413. The fourth-order valence-corrected chi connectivity index (χ4v) is 3.83. The molecule has 29 heavy (non-hydrogen) atoms. The Kier molecular flexibility index (Phi) is 8.03. The molecule has 1 aromatic carbocycles. The predicted octanol–water partition coefficient (Wildman–Crippen LogP) is 4.88. The minimum Gasteiger partial charge on any atom is -0.441 e. The van der Waals surface area contributed by atoms with Crippen molar-refractivity contribution in [1.29, 1.82) is 0 Å². The van der Waals surface area contributed by atoms with Gasteiger partial charge in [-0.25, -0.2) is 9.69 Å². The Balaban J connectivity index is 2.11. The molecule has 2 rings (SSSR count). The molecule has 0 spiro atoms. The Labute approximate surface area is 174 Å². The Morgan fingerprint density at radius 2 is 1.90 bits per heavy atom. The first-order chi connectivity index (χ1) is 13.7. The first kappa shape index (κ1) is 23.1. The molecule has 1 heterocycles. The van der Waals surface area contributed by atoms with Crippen molar-refractivity contribution in [1.82, 2.24) is 4.90 Å². The zero-order valence-corrected chi connectivity index (χ0v) is 18.2. The van der Waals surface area contributed by atoms with E-state index in [1.165, 1.54) is 4.90 Å². The molecule has 1 saturated heterocycles. The second-order valence-electron chi connectivity index (χ2n) is 8.59. The van der Waals surface area contributed by atoms with Gasteiger partial charge < -0.3 is 9.84 Å². The number of hydrogen-bond donors (Lipinski definition) is 1. The van der Waals surface area contributed by atoms with Crippen LogP contribution >= 0.6 is 0 Å². The van der Waals surface area contributed by atoms with Crippen LogP contribution < -0.4 is 0 Å². The number of benzene rings is 1. The monoisotopic (exact) mass is 401 g/mol. The fourth-order valence-electron chi connectivity index (χ4n) is 3.83. The van der Waals surface area contributed by atoms with Crippen LogP contribution in [-0.2, 0) is 16.0 Å². The largest absolute Gasteiger partial charge is 0.441 e. The Bertz CT molecular complexity index is 713. The highest BCUT2D eigenvalue weighted by Crippen LogP contribution is 2.34. The van der Waals surface area contributed by atoms with E-state index in [2.05, 4.69) is 13.5 Å². The quantitative estimate of drug-likeness (QED) is 0.448. The lowest BCUT2D eigenvalue weighted by Crippen LogP contribution is -2.49. The first-order valence-corrected chi connectivity index (χ1v) is 10.6. The van der Waals surface area contributed by atoms with E-state index in [0.29, 0.717) is 18.4 Å². The molecule has 1 N–H and O–H groups in total. The molecule has 0 radical (unpaired) electrons. The lowest BCUT2D eigenvalue weighted by Gasteiger charge is -2.30. The normalized spacial score (nSPS) is 20.2. The van der Waals surface area contributed by atoms with E-state index in [-0.39, 0.29) is 0 Å². The molecule has 1 fully saturated rings. The van der Waals surface area contributed by atoms with E-state index >= 15 is 0 Å². The molecule has 2 amide bonds. The van der Waals surface area contributed by atoms with Crippen molar-refractivity contribution in [2.24, 2.45) is 5.92 Å². The van der Waals surface area contributed by atoms with Gasteiger partial charge in [-0.2, -0.15) is 0 Å². The number of aliphatic hydroxyl groups is 1. The number of cyclic esters (lactones) is 1. The average molecular weight is 402 g/mol. The van der Waals surface area contributed by atoms with E-state index in [0.717, 1.165) is 31.2 Å². The van der Waals surface area contributed by atoms with Gasteiger partial charge in [0.25, 0.3) is 0 Å². The summed E-state index contributed by atoms with van der Waals surface area (Å²) < 4.78 is 5.51. The number of carbonyl (C=O) groups is 2. The number of carbonyl (C=O) groups excluding carboxylic acids is 2. The fraction of sp³-hybridized carbons (Fsp3) is 0.583. The summed E-state index contributed by atoms with van der Waals surface area (Å²) >= 11 is 0. The highest BCUT2D eigenvalue weighted by Gasteiger charge is 2.51. The number of aliphatic hydroxyl groups excluding tert-OH is 1. The zero-order valence-electron chi connectivity index (χ0n) is 18.2. The van der Waals surface area contributed by atoms with Crippen molar-refractivity contribution in [2.75, 3.05) is 0 Å². The minimum atomic E-state index is -0.974. The molecule has 1 aliphatic rings. The van der Waals surface area contributed by atoms with Gasteiger partial charge in [0.1, 0.15) is 5.60 Å². The number of hydrogen-bond acceptors (Lipinski definition) is 4. The number of unbranched alkanes of at least 4 members (excludes halogenated alkanes) is 3. The van der Waals surface area contributed by atoms with Crippen molar-refractivity contribution >= 4 is 12.0 Å². The predicted molar refractivity (Wildman–Crippen MR) is 114 cm³/mol. The summed E-state index contributed by atoms with van der Waals surface area (Å²) in [6.45, 7) is 11.4. The Morgan fingerprint density at radius 3 is 2.52 bits per heavy atom. The highest BCUT2D eigenvalue weighted by atomic mass is 16.6. The van der Waals surface area contributed by atoms with Crippen molar-refractivity contribution in [2.45, 2.75) is 84.0 Å². The number of rotatable bonds is 10. The van der Waals surface area contributed by atoms with Gasteiger partial charge in [0, 0.05) is 0 Å². The molecular weight excluding hydrogens is 366 g/mol. The molecule has 0 unspecified atom stereocenters. The van der Waals surface area contributed by atoms with Crippen LogP contribution in [0, 0.1) is 5.92 Å². The van der Waals surface area contributed by atoms with Gasteiger partial charge in [-0.1, -0.05) is 70.0 Å². The van der Waals surface area contributed by atoms with Gasteiger partial charge in [0.05, 0.1) is 18.1 Å². The summed E-state index contributed by atoms with van der Waals surface area (Å²) in [5, 5.41) is 10.7. The topological polar surface area (TPSA) is 66.8 Å². The number of imide groups is 1. The smallest absolute Gasteiger partial charge is 0.417 e. The van der Waals surface area contributed by atoms with E-state index < -0.39 is 35.7 Å². The molecule has 5 heteroatoms. The van der Waals surface area contributed by atoms with Gasteiger partial charge in [-0.15, -0.1) is 0 Å². The third-order valence-corrected chi connectivity index (χ3v) is 5.80. The molecule has 1 aliphatic heterocycles. The van der Waals surface area contributed by atoms with Crippen LogP contribution in [0.15, 0.2) is 42.5 Å². The van der Waals surface area contributed by atoms with Crippen molar-refractivity contribution in [3.05, 3.63) is 48.0 Å².